The minimum atomic E-state index is -1.19. The number of aromatic nitrogens is 1. The summed E-state index contributed by atoms with van der Waals surface area (Å²) in [6.07, 6.45) is 0.840. The molecule has 0 spiro atoms. The normalized spacial score (nSPS) is 16.6. The van der Waals surface area contributed by atoms with E-state index in [1.54, 1.807) is 20.0 Å². The molecule has 0 bridgehead atoms. The highest BCUT2D eigenvalue weighted by molar-refractivity contribution is 6.04. The summed E-state index contributed by atoms with van der Waals surface area (Å²) < 4.78 is 4.89. The Hall–Kier alpha value is -1.85. The first-order valence-electron chi connectivity index (χ1n) is 5.37. The Morgan fingerprint density at radius 1 is 1.59 bits per heavy atom. The minimum Gasteiger partial charge on any atom is -0.480 e. The van der Waals surface area contributed by atoms with Crippen LogP contribution in [-0.4, -0.2) is 34.1 Å². The van der Waals surface area contributed by atoms with Crippen molar-refractivity contribution in [2.24, 2.45) is 5.41 Å². The summed E-state index contributed by atoms with van der Waals surface area (Å²) >= 11 is 0. The van der Waals surface area contributed by atoms with Crippen molar-refractivity contribution in [2.75, 3.05) is 7.05 Å². The molecule has 0 unspecified atom stereocenters. The molecule has 0 saturated heterocycles. The Kier molecular flexibility index (Phi) is 2.65. The van der Waals surface area contributed by atoms with Crippen LogP contribution in [0.25, 0.3) is 0 Å². The average molecular weight is 238 g/mol. The van der Waals surface area contributed by atoms with Gasteiger partial charge in [0.1, 0.15) is 16.9 Å². The van der Waals surface area contributed by atoms with Gasteiger partial charge in [0.05, 0.1) is 6.54 Å². The van der Waals surface area contributed by atoms with Crippen molar-refractivity contribution in [1.82, 2.24) is 10.1 Å². The zero-order valence-corrected chi connectivity index (χ0v) is 9.77. The van der Waals surface area contributed by atoms with E-state index in [4.69, 9.17) is 9.63 Å². The maximum atomic E-state index is 12.0. The van der Waals surface area contributed by atoms with Crippen molar-refractivity contribution in [3.8, 4) is 0 Å². The van der Waals surface area contributed by atoms with E-state index in [9.17, 15) is 9.59 Å². The van der Waals surface area contributed by atoms with Crippen LogP contribution in [0, 0.1) is 12.3 Å². The van der Waals surface area contributed by atoms with Gasteiger partial charge in [0, 0.05) is 13.1 Å². The second kappa shape index (κ2) is 3.87. The number of nitrogens with zero attached hydrogens (tertiary/aromatic N) is 2. The van der Waals surface area contributed by atoms with E-state index >= 15 is 0 Å². The predicted octanol–water partition coefficient (Wildman–Crippen LogP) is 0.806. The summed E-state index contributed by atoms with van der Waals surface area (Å²) in [7, 11) is 1.58. The summed E-state index contributed by atoms with van der Waals surface area (Å²) in [6.45, 7) is 2.03. The van der Waals surface area contributed by atoms with Crippen molar-refractivity contribution < 1.29 is 19.2 Å². The van der Waals surface area contributed by atoms with Crippen LogP contribution >= 0.6 is 0 Å². The van der Waals surface area contributed by atoms with E-state index < -0.39 is 11.4 Å². The molecule has 1 N–H and O–H groups in total. The molecule has 1 aliphatic rings. The van der Waals surface area contributed by atoms with Gasteiger partial charge in [-0.05, 0) is 19.8 Å². The van der Waals surface area contributed by atoms with Gasteiger partial charge in [-0.1, -0.05) is 5.16 Å². The van der Waals surface area contributed by atoms with Crippen LogP contribution in [0.4, 0.5) is 0 Å². The number of carboxylic acids is 1. The first-order chi connectivity index (χ1) is 7.95. The molecule has 1 aromatic rings. The Morgan fingerprint density at radius 3 is 2.65 bits per heavy atom. The highest BCUT2D eigenvalue weighted by atomic mass is 16.5. The SMILES string of the molecule is Cc1cc(CN(C)C(=O)C2(C(=O)O)CC2)no1. The molecular weight excluding hydrogens is 224 g/mol. The van der Waals surface area contributed by atoms with E-state index in [0.717, 1.165) is 0 Å². The summed E-state index contributed by atoms with van der Waals surface area (Å²) in [5.74, 6) is -0.725. The molecule has 0 aliphatic heterocycles. The van der Waals surface area contributed by atoms with Crippen LogP contribution in [0.1, 0.15) is 24.3 Å². The lowest BCUT2D eigenvalue weighted by Gasteiger charge is -2.19. The Labute approximate surface area is 98.2 Å². The monoisotopic (exact) mass is 238 g/mol. The van der Waals surface area contributed by atoms with Crippen LogP contribution in [0.15, 0.2) is 10.6 Å². The summed E-state index contributed by atoms with van der Waals surface area (Å²) in [4.78, 5) is 24.4. The van der Waals surface area contributed by atoms with Crippen molar-refractivity contribution >= 4 is 11.9 Å². The number of hydrogen-bond donors (Lipinski definition) is 1. The first-order valence-corrected chi connectivity index (χ1v) is 5.37. The summed E-state index contributed by atoms with van der Waals surface area (Å²) in [6, 6.07) is 1.73. The Bertz CT molecular complexity index is 462. The predicted molar refractivity (Wildman–Crippen MR) is 57.0 cm³/mol. The standard InChI is InChI=1S/C11H14N2O4/c1-7-5-8(12-17-7)6-13(2)9(14)11(3-4-11)10(15)16/h5H,3-4,6H2,1-2H3,(H,15,16). The second-order valence-electron chi connectivity index (χ2n) is 4.48. The highest BCUT2D eigenvalue weighted by Crippen LogP contribution is 2.47. The summed E-state index contributed by atoms with van der Waals surface area (Å²) in [5.41, 5.74) is -0.562. The molecule has 1 heterocycles. The lowest BCUT2D eigenvalue weighted by molar-refractivity contribution is -0.153. The molecule has 1 amide bonds. The zero-order chi connectivity index (χ0) is 12.6. The lowest BCUT2D eigenvalue weighted by atomic mass is 10.1. The van der Waals surface area contributed by atoms with Crippen molar-refractivity contribution in [1.29, 1.82) is 0 Å². The molecule has 92 valence electrons. The fourth-order valence-electron chi connectivity index (χ4n) is 1.82. The fourth-order valence-corrected chi connectivity index (χ4v) is 1.82. The zero-order valence-electron chi connectivity index (χ0n) is 9.77. The van der Waals surface area contributed by atoms with E-state index in [2.05, 4.69) is 5.16 Å². The van der Waals surface area contributed by atoms with Crippen LogP contribution in [0.3, 0.4) is 0 Å². The molecule has 1 saturated carbocycles. The number of carbonyl (C=O) groups is 2. The second-order valence-corrected chi connectivity index (χ2v) is 4.48. The number of carbonyl (C=O) groups excluding carboxylic acids is 1. The van der Waals surface area contributed by atoms with E-state index in [-0.39, 0.29) is 12.5 Å². The first kappa shape index (κ1) is 11.6. The highest BCUT2D eigenvalue weighted by Gasteiger charge is 2.58. The van der Waals surface area contributed by atoms with Gasteiger partial charge in [-0.3, -0.25) is 9.59 Å². The maximum absolute atomic E-state index is 12.0. The third-order valence-corrected chi connectivity index (χ3v) is 2.99. The summed E-state index contributed by atoms with van der Waals surface area (Å²) in [5, 5.41) is 12.8. The molecule has 17 heavy (non-hydrogen) atoms. The molecule has 0 atom stereocenters. The van der Waals surface area contributed by atoms with Crippen molar-refractivity contribution in [2.45, 2.75) is 26.3 Å². The number of carboxylic acid groups (broad SMARTS) is 1. The van der Waals surface area contributed by atoms with E-state index in [1.807, 2.05) is 0 Å². The van der Waals surface area contributed by atoms with Gasteiger partial charge in [0.15, 0.2) is 0 Å². The maximum Gasteiger partial charge on any atom is 0.319 e. The van der Waals surface area contributed by atoms with Gasteiger partial charge >= 0.3 is 5.97 Å². The smallest absolute Gasteiger partial charge is 0.319 e. The van der Waals surface area contributed by atoms with Crippen molar-refractivity contribution in [3.63, 3.8) is 0 Å². The molecule has 6 heteroatoms. The topological polar surface area (TPSA) is 83.6 Å². The molecule has 2 rings (SSSR count). The van der Waals surface area contributed by atoms with Crippen LogP contribution in [0.5, 0.6) is 0 Å². The third-order valence-electron chi connectivity index (χ3n) is 2.99. The molecule has 0 aromatic carbocycles. The van der Waals surface area contributed by atoms with Crippen molar-refractivity contribution in [3.05, 3.63) is 17.5 Å². The molecule has 1 aromatic heterocycles. The van der Waals surface area contributed by atoms with Crippen LogP contribution < -0.4 is 0 Å². The molecular formula is C11H14N2O4. The Morgan fingerprint density at radius 2 is 2.24 bits per heavy atom. The number of amides is 1. The third kappa shape index (κ3) is 2.02. The van der Waals surface area contributed by atoms with Gasteiger partial charge in [0.2, 0.25) is 5.91 Å². The van der Waals surface area contributed by atoms with Gasteiger partial charge in [-0.25, -0.2) is 0 Å². The Balaban J connectivity index is 2.03. The van der Waals surface area contributed by atoms with Gasteiger partial charge in [0.25, 0.3) is 0 Å². The van der Waals surface area contributed by atoms with Gasteiger partial charge in [-0.15, -0.1) is 0 Å². The number of aryl methyl sites for hydroxylation is 1. The lowest BCUT2D eigenvalue weighted by Crippen LogP contribution is -2.38. The molecule has 6 nitrogen and oxygen atoms in total. The number of rotatable bonds is 4. The molecule has 1 aliphatic carbocycles. The van der Waals surface area contributed by atoms with Gasteiger partial charge < -0.3 is 14.5 Å². The van der Waals surface area contributed by atoms with Gasteiger partial charge in [-0.2, -0.15) is 0 Å². The quantitative estimate of drug-likeness (QED) is 0.784. The minimum absolute atomic E-state index is 0.269. The molecule has 1 fully saturated rings. The average Bonchev–Trinajstić information content (AvgIpc) is 2.98. The largest absolute Gasteiger partial charge is 0.480 e. The van der Waals surface area contributed by atoms with E-state index in [0.29, 0.717) is 24.3 Å². The number of aliphatic carboxylic acids is 1. The van der Waals surface area contributed by atoms with Crippen LogP contribution in [0.2, 0.25) is 0 Å². The van der Waals surface area contributed by atoms with E-state index in [1.165, 1.54) is 4.90 Å². The molecule has 0 radical (unpaired) electrons. The fraction of sp³-hybridized carbons (Fsp3) is 0.545. The number of hydrogen-bond acceptors (Lipinski definition) is 4. The van der Waals surface area contributed by atoms with Crippen LogP contribution in [-0.2, 0) is 16.1 Å².